The van der Waals surface area contributed by atoms with Gasteiger partial charge in [-0.05, 0) is 31.5 Å². The zero-order valence-electron chi connectivity index (χ0n) is 12.1. The summed E-state index contributed by atoms with van der Waals surface area (Å²) in [5, 5.41) is 8.74. The Hall–Kier alpha value is -2.57. The van der Waals surface area contributed by atoms with Crippen molar-refractivity contribution in [3.05, 3.63) is 29.8 Å². The number of ether oxygens (including phenoxy) is 1. The van der Waals surface area contributed by atoms with Crippen LogP contribution in [0.2, 0.25) is 0 Å². The zero-order valence-corrected chi connectivity index (χ0v) is 12.1. The van der Waals surface area contributed by atoms with Crippen molar-refractivity contribution >= 4 is 23.9 Å². The van der Waals surface area contributed by atoms with E-state index in [4.69, 9.17) is 9.57 Å². The molecule has 0 aliphatic heterocycles. The van der Waals surface area contributed by atoms with Crippen molar-refractivity contribution in [2.45, 2.75) is 13.8 Å². The van der Waals surface area contributed by atoms with Gasteiger partial charge >= 0.3 is 12.0 Å². The van der Waals surface area contributed by atoms with Gasteiger partial charge in [-0.25, -0.2) is 4.79 Å². The molecule has 7 heteroatoms. The van der Waals surface area contributed by atoms with Gasteiger partial charge in [-0.3, -0.25) is 4.79 Å². The van der Waals surface area contributed by atoms with E-state index in [0.717, 1.165) is 5.56 Å². The molecular formula is C14H19N3O4. The number of anilines is 1. The number of urea groups is 1. The Kier molecular flexibility index (Phi) is 7.34. The summed E-state index contributed by atoms with van der Waals surface area (Å²) in [4.78, 5) is 27.5. The highest BCUT2D eigenvalue weighted by Gasteiger charge is 2.05. The molecule has 1 aromatic carbocycles. The largest absolute Gasteiger partial charge is 0.465 e. The second-order valence-corrected chi connectivity index (χ2v) is 3.89. The number of carbonyl (C=O) groups excluding carboxylic acids is 2. The summed E-state index contributed by atoms with van der Waals surface area (Å²) in [6.45, 7) is 4.18. The lowest BCUT2D eigenvalue weighted by Crippen LogP contribution is -2.34. The topological polar surface area (TPSA) is 89.0 Å². The van der Waals surface area contributed by atoms with Crippen LogP contribution in [0.25, 0.3) is 0 Å². The SMILES string of the molecule is CCO/N=C/c1ccc(NC(=O)NCC(=O)OCC)cc1. The van der Waals surface area contributed by atoms with E-state index in [0.29, 0.717) is 12.3 Å². The minimum atomic E-state index is -0.477. The summed E-state index contributed by atoms with van der Waals surface area (Å²) in [5.74, 6) is -0.477. The van der Waals surface area contributed by atoms with Gasteiger partial charge < -0.3 is 20.2 Å². The third-order valence-corrected chi connectivity index (χ3v) is 2.27. The standard InChI is InChI=1S/C14H19N3O4/c1-3-20-13(18)10-15-14(19)17-12-7-5-11(6-8-12)9-16-21-4-2/h5-9H,3-4,10H2,1-2H3,(H2,15,17,19)/b16-9+. The fourth-order valence-electron chi connectivity index (χ4n) is 1.36. The number of nitrogens with zero attached hydrogens (tertiary/aromatic N) is 1. The van der Waals surface area contributed by atoms with E-state index in [1.165, 1.54) is 0 Å². The Morgan fingerprint density at radius 1 is 1.19 bits per heavy atom. The number of benzene rings is 1. The Labute approximate surface area is 123 Å². The number of nitrogens with one attached hydrogen (secondary N) is 2. The molecule has 0 saturated carbocycles. The first-order valence-electron chi connectivity index (χ1n) is 6.61. The molecule has 0 bridgehead atoms. The highest BCUT2D eigenvalue weighted by atomic mass is 16.6. The molecule has 0 spiro atoms. The summed E-state index contributed by atoms with van der Waals surface area (Å²) in [6, 6.07) is 6.53. The normalized spacial score (nSPS) is 10.2. The summed E-state index contributed by atoms with van der Waals surface area (Å²) < 4.78 is 4.70. The number of carbonyl (C=O) groups is 2. The molecule has 0 radical (unpaired) electrons. The van der Waals surface area contributed by atoms with Crippen LogP contribution in [0.5, 0.6) is 0 Å². The smallest absolute Gasteiger partial charge is 0.325 e. The highest BCUT2D eigenvalue weighted by molar-refractivity contribution is 5.91. The fraction of sp³-hybridized carbons (Fsp3) is 0.357. The molecule has 114 valence electrons. The van der Waals surface area contributed by atoms with Crippen LogP contribution in [0.4, 0.5) is 10.5 Å². The van der Waals surface area contributed by atoms with Crippen LogP contribution in [0.3, 0.4) is 0 Å². The van der Waals surface area contributed by atoms with Crippen LogP contribution in [-0.4, -0.2) is 38.0 Å². The molecule has 7 nitrogen and oxygen atoms in total. The Balaban J connectivity index is 2.40. The van der Waals surface area contributed by atoms with E-state index in [1.807, 2.05) is 6.92 Å². The van der Waals surface area contributed by atoms with Crippen LogP contribution in [-0.2, 0) is 14.4 Å². The van der Waals surface area contributed by atoms with E-state index >= 15 is 0 Å². The van der Waals surface area contributed by atoms with Crippen LogP contribution in [0.15, 0.2) is 29.4 Å². The molecule has 0 unspecified atom stereocenters. The molecule has 0 aromatic heterocycles. The molecule has 0 aliphatic carbocycles. The number of hydrogen-bond donors (Lipinski definition) is 2. The van der Waals surface area contributed by atoms with Gasteiger partial charge in [0.25, 0.3) is 0 Å². The average molecular weight is 293 g/mol. The van der Waals surface area contributed by atoms with Gasteiger partial charge in [-0.1, -0.05) is 17.3 Å². The van der Waals surface area contributed by atoms with Crippen LogP contribution >= 0.6 is 0 Å². The fourth-order valence-corrected chi connectivity index (χ4v) is 1.36. The van der Waals surface area contributed by atoms with Crippen LogP contribution < -0.4 is 10.6 Å². The minimum Gasteiger partial charge on any atom is -0.465 e. The Bertz CT molecular complexity index is 485. The van der Waals surface area contributed by atoms with Crippen molar-refractivity contribution in [3.8, 4) is 0 Å². The predicted molar refractivity (Wildman–Crippen MR) is 79.3 cm³/mol. The maximum absolute atomic E-state index is 11.5. The number of amides is 2. The van der Waals surface area contributed by atoms with E-state index in [-0.39, 0.29) is 13.2 Å². The summed E-state index contributed by atoms with van der Waals surface area (Å²) in [6.07, 6.45) is 1.58. The van der Waals surface area contributed by atoms with E-state index < -0.39 is 12.0 Å². The number of esters is 1. The third-order valence-electron chi connectivity index (χ3n) is 2.27. The number of oxime groups is 1. The number of hydrogen-bond acceptors (Lipinski definition) is 5. The first kappa shape index (κ1) is 16.5. The Morgan fingerprint density at radius 3 is 2.52 bits per heavy atom. The second kappa shape index (κ2) is 9.35. The predicted octanol–water partition coefficient (Wildman–Crippen LogP) is 1.74. The van der Waals surface area contributed by atoms with Gasteiger partial charge in [0.2, 0.25) is 0 Å². The molecule has 0 fully saturated rings. The van der Waals surface area contributed by atoms with Gasteiger partial charge in [0, 0.05) is 5.69 Å². The van der Waals surface area contributed by atoms with Gasteiger partial charge in [0.05, 0.1) is 12.8 Å². The molecule has 2 amide bonds. The Morgan fingerprint density at radius 2 is 1.90 bits per heavy atom. The lowest BCUT2D eigenvalue weighted by atomic mass is 10.2. The quantitative estimate of drug-likeness (QED) is 0.455. The van der Waals surface area contributed by atoms with Gasteiger partial charge in [0.15, 0.2) is 0 Å². The van der Waals surface area contributed by atoms with Gasteiger partial charge in [-0.15, -0.1) is 0 Å². The molecule has 0 atom stereocenters. The van der Waals surface area contributed by atoms with Crippen molar-refractivity contribution in [1.29, 1.82) is 0 Å². The van der Waals surface area contributed by atoms with Crippen molar-refractivity contribution < 1.29 is 19.2 Å². The first-order chi connectivity index (χ1) is 10.2. The van der Waals surface area contributed by atoms with E-state index in [2.05, 4.69) is 15.8 Å². The summed E-state index contributed by atoms with van der Waals surface area (Å²) >= 11 is 0. The van der Waals surface area contributed by atoms with Crippen molar-refractivity contribution in [3.63, 3.8) is 0 Å². The highest BCUT2D eigenvalue weighted by Crippen LogP contribution is 2.08. The van der Waals surface area contributed by atoms with E-state index in [1.54, 1.807) is 37.4 Å². The van der Waals surface area contributed by atoms with Crippen molar-refractivity contribution in [2.75, 3.05) is 25.1 Å². The van der Waals surface area contributed by atoms with Crippen LogP contribution in [0, 0.1) is 0 Å². The number of rotatable bonds is 7. The second-order valence-electron chi connectivity index (χ2n) is 3.89. The lowest BCUT2D eigenvalue weighted by molar-refractivity contribution is -0.141. The molecule has 2 N–H and O–H groups in total. The van der Waals surface area contributed by atoms with Crippen molar-refractivity contribution in [1.82, 2.24) is 5.32 Å². The molecule has 1 aromatic rings. The summed E-state index contributed by atoms with van der Waals surface area (Å²) in [7, 11) is 0. The van der Waals surface area contributed by atoms with Crippen LogP contribution in [0.1, 0.15) is 19.4 Å². The van der Waals surface area contributed by atoms with Crippen molar-refractivity contribution in [2.24, 2.45) is 5.16 Å². The molecular weight excluding hydrogens is 274 g/mol. The third kappa shape index (κ3) is 6.95. The van der Waals surface area contributed by atoms with Gasteiger partial charge in [-0.2, -0.15) is 0 Å². The molecule has 0 aliphatic rings. The summed E-state index contributed by atoms with van der Waals surface area (Å²) in [5.41, 5.74) is 1.45. The molecule has 1 rings (SSSR count). The average Bonchev–Trinajstić information content (AvgIpc) is 2.48. The monoisotopic (exact) mass is 293 g/mol. The molecule has 0 heterocycles. The minimum absolute atomic E-state index is 0.168. The lowest BCUT2D eigenvalue weighted by Gasteiger charge is -2.07. The maximum atomic E-state index is 11.5. The zero-order chi connectivity index (χ0) is 15.5. The first-order valence-corrected chi connectivity index (χ1v) is 6.61. The molecule has 0 saturated heterocycles. The maximum Gasteiger partial charge on any atom is 0.325 e. The van der Waals surface area contributed by atoms with E-state index in [9.17, 15) is 9.59 Å². The molecule has 21 heavy (non-hydrogen) atoms. The van der Waals surface area contributed by atoms with Gasteiger partial charge in [0.1, 0.15) is 13.2 Å².